The largest absolute Gasteiger partial charge is 0.508 e. The Balaban J connectivity index is -0.000000454. The highest BCUT2D eigenvalue weighted by molar-refractivity contribution is 5.75. The summed E-state index contributed by atoms with van der Waals surface area (Å²) in [6, 6.07) is 0. The Labute approximate surface area is 183 Å². The van der Waals surface area contributed by atoms with E-state index in [1.807, 2.05) is 0 Å². The fourth-order valence-electron chi connectivity index (χ4n) is 2.35. The zero-order valence-electron chi connectivity index (χ0n) is 17.7. The second-order valence-electron chi connectivity index (χ2n) is 7.26. The van der Waals surface area contributed by atoms with E-state index >= 15 is 0 Å². The highest BCUT2D eigenvalue weighted by Crippen LogP contribution is 2.11. The van der Waals surface area contributed by atoms with E-state index in [9.17, 15) is 9.59 Å². The summed E-state index contributed by atoms with van der Waals surface area (Å²) in [7, 11) is 0. The predicted molar refractivity (Wildman–Crippen MR) is 115 cm³/mol. The van der Waals surface area contributed by atoms with E-state index in [4.69, 9.17) is 14.6 Å². The molecule has 0 unspecified atom stereocenters. The van der Waals surface area contributed by atoms with E-state index in [2.05, 4.69) is 6.92 Å². The molecule has 0 amide bonds. The summed E-state index contributed by atoms with van der Waals surface area (Å²) < 4.78 is 9.40. The van der Waals surface area contributed by atoms with E-state index in [1.165, 1.54) is 57.8 Å². The lowest BCUT2D eigenvalue weighted by atomic mass is 10.1. The number of aliphatic carboxylic acids is 1. The number of rotatable bonds is 14. The Bertz CT molecular complexity index is 321. The maximum atomic E-state index is 10.6. The van der Waals surface area contributed by atoms with Gasteiger partial charge in [0.25, 0.3) is 0 Å². The molecule has 0 aliphatic rings. The molecule has 0 heterocycles. The normalized spacial score (nSPS) is 10.0. The average molecular weight is 401 g/mol. The summed E-state index contributed by atoms with van der Waals surface area (Å²) in [5.74, 6) is -0.657. The van der Waals surface area contributed by atoms with Crippen LogP contribution in [-0.4, -0.2) is 52.5 Å². The van der Waals surface area contributed by atoms with Crippen molar-refractivity contribution in [3.05, 3.63) is 0 Å². The van der Waals surface area contributed by atoms with E-state index in [1.54, 1.807) is 27.7 Å². The Morgan fingerprint density at radius 2 is 1.04 bits per heavy atom. The summed E-state index contributed by atoms with van der Waals surface area (Å²) in [6.07, 6.45) is 13.6. The first-order chi connectivity index (χ1) is 12.3. The van der Waals surface area contributed by atoms with Gasteiger partial charge in [-0.15, -0.1) is 0 Å². The van der Waals surface area contributed by atoms with Crippen LogP contribution in [0.3, 0.4) is 0 Å². The van der Waals surface area contributed by atoms with Crippen molar-refractivity contribution in [3.63, 3.8) is 0 Å². The van der Waals surface area contributed by atoms with Crippen molar-refractivity contribution in [2.75, 3.05) is 0 Å². The van der Waals surface area contributed by atoms with Crippen molar-refractivity contribution in [2.45, 2.75) is 124 Å². The Morgan fingerprint density at radius 1 is 0.704 bits per heavy atom. The van der Waals surface area contributed by atoms with Crippen molar-refractivity contribution < 1.29 is 24.2 Å². The molecule has 160 valence electrons. The fraction of sp³-hybridized carbons (Fsp3) is 0.905. The number of ether oxygens (including phenoxy) is 2. The van der Waals surface area contributed by atoms with E-state index < -0.39 is 12.1 Å². The smallest absolute Gasteiger partial charge is 0.481 e. The molecule has 0 fully saturated rings. The molecular weight excluding hydrogens is 357 g/mol. The monoisotopic (exact) mass is 400 g/mol. The lowest BCUT2D eigenvalue weighted by Gasteiger charge is -2.10. The van der Waals surface area contributed by atoms with Crippen LogP contribution in [0, 0.1) is 0 Å². The van der Waals surface area contributed by atoms with Crippen LogP contribution in [0.1, 0.15) is 112 Å². The molecule has 1 N–H and O–H groups in total. The number of carboxylic acid groups (broad SMARTS) is 1. The zero-order chi connectivity index (χ0) is 20.2. The number of unbranched alkanes of at least 4 members (excludes halogenated alkanes) is 10. The van der Waals surface area contributed by atoms with Crippen LogP contribution in [0.2, 0.25) is 0 Å². The Hall–Kier alpha value is -0.494. The van der Waals surface area contributed by atoms with Crippen molar-refractivity contribution in [2.24, 2.45) is 0 Å². The molecule has 0 radical (unpaired) electrons. The zero-order valence-corrected chi connectivity index (χ0v) is 17.7. The van der Waals surface area contributed by atoms with E-state index in [0.717, 1.165) is 12.8 Å². The van der Waals surface area contributed by atoms with Crippen molar-refractivity contribution in [1.82, 2.24) is 0 Å². The molecule has 27 heavy (non-hydrogen) atoms. The molecule has 0 atom stereocenters. The van der Waals surface area contributed by atoms with Gasteiger partial charge in [-0.05, 0) is 34.1 Å². The molecule has 0 aromatic heterocycles. The van der Waals surface area contributed by atoms with Gasteiger partial charge in [-0.2, -0.15) is 0 Å². The van der Waals surface area contributed by atoms with Gasteiger partial charge in [-0.3, -0.25) is 4.79 Å². The second kappa shape index (κ2) is 23.5. The third-order valence-electron chi connectivity index (χ3n) is 3.66. The summed E-state index contributed by atoms with van der Waals surface area (Å²) in [6.45, 7) is 9.36. The Morgan fingerprint density at radius 3 is 1.33 bits per heavy atom. The molecule has 0 saturated heterocycles. The van der Waals surface area contributed by atoms with Crippen molar-refractivity contribution in [3.8, 4) is 0 Å². The first kappa shape index (κ1) is 31.2. The quantitative estimate of drug-likeness (QED) is 0.226. The number of hydrogen-bond donors (Lipinski definition) is 1. The van der Waals surface area contributed by atoms with Crippen LogP contribution >= 0.6 is 0 Å². The van der Waals surface area contributed by atoms with Gasteiger partial charge in [0.1, 0.15) is 0 Å². The molecule has 0 aromatic carbocycles. The van der Waals surface area contributed by atoms with Gasteiger partial charge in [0.2, 0.25) is 0 Å². The lowest BCUT2D eigenvalue weighted by molar-refractivity contribution is -0.137. The predicted octanol–water partition coefficient (Wildman–Crippen LogP) is 5.81. The van der Waals surface area contributed by atoms with Gasteiger partial charge in [-0.25, -0.2) is 4.79 Å². The molecular formula is C21H44MgO5. The molecule has 0 rings (SSSR count). The minimum atomic E-state index is -0.657. The minimum Gasteiger partial charge on any atom is -0.481 e. The molecule has 0 saturated carbocycles. The molecule has 0 aliphatic heterocycles. The van der Waals surface area contributed by atoms with Crippen LogP contribution in [0.15, 0.2) is 0 Å². The van der Waals surface area contributed by atoms with Crippen LogP contribution in [0.4, 0.5) is 4.79 Å². The topological polar surface area (TPSA) is 72.8 Å². The van der Waals surface area contributed by atoms with Crippen molar-refractivity contribution >= 4 is 35.2 Å². The third-order valence-corrected chi connectivity index (χ3v) is 3.66. The van der Waals surface area contributed by atoms with Gasteiger partial charge < -0.3 is 14.6 Å². The highest BCUT2D eigenvalue weighted by atomic mass is 24.3. The molecule has 0 bridgehead atoms. The van der Waals surface area contributed by atoms with Gasteiger partial charge in [0, 0.05) is 6.42 Å². The van der Waals surface area contributed by atoms with Gasteiger partial charge in [0.15, 0.2) is 0 Å². The van der Waals surface area contributed by atoms with Crippen molar-refractivity contribution in [1.29, 1.82) is 0 Å². The fourth-order valence-corrected chi connectivity index (χ4v) is 2.35. The maximum Gasteiger partial charge on any atom is 0.508 e. The molecule has 5 nitrogen and oxygen atoms in total. The van der Waals surface area contributed by atoms with Crippen LogP contribution in [0.5, 0.6) is 0 Å². The summed E-state index contributed by atoms with van der Waals surface area (Å²) >= 11 is 0. The first-order valence-electron chi connectivity index (χ1n) is 10.4. The highest BCUT2D eigenvalue weighted by Gasteiger charge is 2.07. The SMILES string of the molecule is CC(C)OC(=O)OC(C)C.CCCCCCCCCCCCCC(=O)O.[MgH2]. The molecule has 0 aromatic rings. The third kappa shape index (κ3) is 33.5. The molecule has 0 spiro atoms. The van der Waals surface area contributed by atoms with Gasteiger partial charge in [0.05, 0.1) is 12.2 Å². The van der Waals surface area contributed by atoms with Gasteiger partial charge >= 0.3 is 35.2 Å². The van der Waals surface area contributed by atoms with Crippen LogP contribution in [-0.2, 0) is 14.3 Å². The van der Waals surface area contributed by atoms with Gasteiger partial charge in [-0.1, -0.05) is 71.1 Å². The summed E-state index contributed by atoms with van der Waals surface area (Å²) in [5, 5.41) is 8.46. The van der Waals surface area contributed by atoms with E-state index in [0.29, 0.717) is 6.42 Å². The van der Waals surface area contributed by atoms with Crippen LogP contribution < -0.4 is 0 Å². The standard InChI is InChI=1S/C14H28O2.C7H14O3.Mg.2H/c1-2-3-4-5-6-7-8-9-10-11-12-13-14(15)16;1-5(2)9-7(8)10-6(3)4;;;/h2-13H2,1H3,(H,15,16);5-6H,1-4H3;;;. The molecule has 0 aliphatic carbocycles. The van der Waals surface area contributed by atoms with E-state index in [-0.39, 0.29) is 35.3 Å². The maximum absolute atomic E-state index is 10.6. The minimum absolute atomic E-state index is 0. The van der Waals surface area contributed by atoms with Crippen LogP contribution in [0.25, 0.3) is 0 Å². The average Bonchev–Trinajstić information content (AvgIpc) is 2.51. The summed E-state index contributed by atoms with van der Waals surface area (Å²) in [4.78, 5) is 20.9. The summed E-state index contributed by atoms with van der Waals surface area (Å²) in [5.41, 5.74) is 0. The lowest BCUT2D eigenvalue weighted by Crippen LogP contribution is -2.16. The second-order valence-corrected chi connectivity index (χ2v) is 7.26. The number of carbonyl (C=O) groups is 2. The number of carboxylic acids is 1. The Kier molecular flexibility index (Phi) is 27.2. The number of hydrogen-bond acceptors (Lipinski definition) is 4. The molecule has 6 heteroatoms. The first-order valence-corrected chi connectivity index (χ1v) is 10.4. The number of carbonyl (C=O) groups excluding carboxylic acids is 1.